The Morgan fingerprint density at radius 2 is 1.79 bits per heavy atom. The smallest absolute Gasteiger partial charge is 0.258 e. The lowest BCUT2D eigenvalue weighted by molar-refractivity contribution is -0.120. The fourth-order valence-corrected chi connectivity index (χ4v) is 3.43. The second kappa shape index (κ2) is 8.21. The lowest BCUT2D eigenvalue weighted by atomic mass is 9.95. The minimum atomic E-state index is -0.622. The Hall–Kier alpha value is -3.22. The Labute approximate surface area is 164 Å². The molecule has 1 atom stereocenters. The molecule has 0 bridgehead atoms. The number of methoxy groups -OCH3 is 2. The maximum absolute atomic E-state index is 13.4. The van der Waals surface area contributed by atoms with Crippen LogP contribution in [0.15, 0.2) is 36.4 Å². The highest BCUT2D eigenvalue weighted by atomic mass is 16.5. The monoisotopic (exact) mass is 384 g/mol. The van der Waals surface area contributed by atoms with E-state index in [1.54, 1.807) is 17.0 Å². The van der Waals surface area contributed by atoms with Gasteiger partial charge in [-0.25, -0.2) is 0 Å². The first-order valence-electron chi connectivity index (χ1n) is 9.04. The van der Waals surface area contributed by atoms with Crippen LogP contribution in [-0.4, -0.2) is 38.7 Å². The van der Waals surface area contributed by atoms with E-state index in [-0.39, 0.29) is 24.3 Å². The fourth-order valence-electron chi connectivity index (χ4n) is 3.43. The topological polar surface area (TPSA) is 91.1 Å². The summed E-state index contributed by atoms with van der Waals surface area (Å²) in [4.78, 5) is 26.3. The molecule has 0 fully saturated rings. The van der Waals surface area contributed by atoms with Gasteiger partial charge in [0.2, 0.25) is 5.75 Å². The number of nitrogens with two attached hydrogens (primary N) is 1. The van der Waals surface area contributed by atoms with Crippen molar-refractivity contribution < 1.29 is 23.8 Å². The summed E-state index contributed by atoms with van der Waals surface area (Å²) in [5.41, 5.74) is 7.62. The first-order chi connectivity index (χ1) is 13.5. The number of benzene rings is 2. The molecule has 0 saturated heterocycles. The van der Waals surface area contributed by atoms with E-state index in [4.69, 9.17) is 19.9 Å². The van der Waals surface area contributed by atoms with Crippen molar-refractivity contribution in [2.24, 2.45) is 5.73 Å². The first kappa shape index (κ1) is 19.5. The number of hydrogen-bond acceptors (Lipinski definition) is 5. The number of carbonyl (C=O) groups is 2. The summed E-state index contributed by atoms with van der Waals surface area (Å²) < 4.78 is 16.2. The zero-order valence-electron chi connectivity index (χ0n) is 16.2. The highest BCUT2D eigenvalue weighted by Crippen LogP contribution is 2.40. The van der Waals surface area contributed by atoms with E-state index in [2.05, 4.69) is 0 Å². The molecule has 0 spiro atoms. The molecular formula is C21H24N2O5. The van der Waals surface area contributed by atoms with Crippen LogP contribution >= 0.6 is 0 Å². The summed E-state index contributed by atoms with van der Waals surface area (Å²) >= 11 is 0. The second-order valence-electron chi connectivity index (χ2n) is 6.66. The van der Waals surface area contributed by atoms with E-state index in [0.29, 0.717) is 17.1 Å². The third-order valence-corrected chi connectivity index (χ3v) is 4.81. The van der Waals surface area contributed by atoms with E-state index < -0.39 is 5.91 Å². The lowest BCUT2D eigenvalue weighted by Crippen LogP contribution is -2.42. The van der Waals surface area contributed by atoms with E-state index in [1.807, 2.05) is 31.2 Å². The molecule has 2 amide bonds. The number of primary amides is 1. The number of fused-ring (bicyclic) bond motifs is 1. The molecule has 148 valence electrons. The number of carbonyl (C=O) groups excluding carboxylic acids is 2. The third kappa shape index (κ3) is 3.74. The van der Waals surface area contributed by atoms with Crippen LogP contribution in [-0.2, 0) is 11.2 Å². The van der Waals surface area contributed by atoms with Gasteiger partial charge in [-0.3, -0.25) is 9.59 Å². The summed E-state index contributed by atoms with van der Waals surface area (Å²) in [6.07, 6.45) is 1.82. The molecule has 1 aliphatic heterocycles. The van der Waals surface area contributed by atoms with Crippen LogP contribution in [0, 0.1) is 0 Å². The minimum Gasteiger partial charge on any atom is -0.493 e. The average Bonchev–Trinajstić information content (AvgIpc) is 2.70. The Balaban J connectivity index is 2.01. The van der Waals surface area contributed by atoms with Gasteiger partial charge in [0.15, 0.2) is 18.1 Å². The van der Waals surface area contributed by atoms with Crippen molar-refractivity contribution in [3.8, 4) is 17.2 Å². The van der Waals surface area contributed by atoms with Gasteiger partial charge in [0, 0.05) is 17.3 Å². The van der Waals surface area contributed by atoms with Crippen LogP contribution < -0.4 is 24.8 Å². The van der Waals surface area contributed by atoms with E-state index in [0.717, 1.165) is 24.1 Å². The Morgan fingerprint density at radius 3 is 2.39 bits per heavy atom. The van der Waals surface area contributed by atoms with Crippen molar-refractivity contribution in [3.05, 3.63) is 47.5 Å². The van der Waals surface area contributed by atoms with Crippen LogP contribution in [0.4, 0.5) is 5.69 Å². The van der Waals surface area contributed by atoms with Crippen LogP contribution in [0.5, 0.6) is 17.2 Å². The van der Waals surface area contributed by atoms with Crippen molar-refractivity contribution in [2.75, 3.05) is 25.7 Å². The van der Waals surface area contributed by atoms with Crippen molar-refractivity contribution in [1.29, 1.82) is 0 Å². The number of rotatable bonds is 6. The molecule has 1 heterocycles. The molecule has 3 rings (SSSR count). The maximum atomic E-state index is 13.4. The summed E-state index contributed by atoms with van der Waals surface area (Å²) in [5, 5.41) is 0. The third-order valence-electron chi connectivity index (χ3n) is 4.81. The van der Waals surface area contributed by atoms with Crippen LogP contribution in [0.25, 0.3) is 0 Å². The van der Waals surface area contributed by atoms with Gasteiger partial charge in [0.05, 0.1) is 14.2 Å². The molecule has 2 aromatic rings. The van der Waals surface area contributed by atoms with E-state index >= 15 is 0 Å². The standard InChI is InChI=1S/C21H24N2O5/c1-13-8-9-14-6-4-5-7-16(14)23(13)21(25)15-10-17(26-2)20(18(11-15)27-3)28-12-19(22)24/h4-7,10-11,13H,8-9,12H2,1-3H3,(H2,22,24)/t13-/m0/s1. The summed E-state index contributed by atoms with van der Waals surface area (Å²) in [5.74, 6) is 0.0388. The van der Waals surface area contributed by atoms with Crippen molar-refractivity contribution in [3.63, 3.8) is 0 Å². The number of anilines is 1. The summed E-state index contributed by atoms with van der Waals surface area (Å²) in [7, 11) is 2.91. The van der Waals surface area contributed by atoms with Gasteiger partial charge in [-0.15, -0.1) is 0 Å². The molecule has 0 aliphatic carbocycles. The molecule has 28 heavy (non-hydrogen) atoms. The number of para-hydroxylation sites is 1. The Morgan fingerprint density at radius 1 is 1.14 bits per heavy atom. The molecule has 0 saturated carbocycles. The van der Waals surface area contributed by atoms with Crippen LogP contribution in [0.3, 0.4) is 0 Å². The highest BCUT2D eigenvalue weighted by Gasteiger charge is 2.30. The molecule has 2 N–H and O–H groups in total. The normalized spacial score (nSPS) is 15.5. The Bertz CT molecular complexity index is 871. The predicted octanol–water partition coefficient (Wildman–Crippen LogP) is 2.55. The number of hydrogen-bond donors (Lipinski definition) is 1. The number of amides is 2. The first-order valence-corrected chi connectivity index (χ1v) is 9.04. The van der Waals surface area contributed by atoms with Crippen molar-refractivity contribution >= 4 is 17.5 Å². The van der Waals surface area contributed by atoms with Crippen molar-refractivity contribution in [1.82, 2.24) is 0 Å². The highest BCUT2D eigenvalue weighted by molar-refractivity contribution is 6.08. The van der Waals surface area contributed by atoms with Gasteiger partial charge in [-0.1, -0.05) is 18.2 Å². The lowest BCUT2D eigenvalue weighted by Gasteiger charge is -2.35. The number of ether oxygens (including phenoxy) is 3. The second-order valence-corrected chi connectivity index (χ2v) is 6.66. The SMILES string of the molecule is COc1cc(C(=O)N2c3ccccc3CC[C@@H]2C)cc(OC)c1OCC(N)=O. The summed E-state index contributed by atoms with van der Waals surface area (Å²) in [6, 6.07) is 11.2. The van der Waals surface area contributed by atoms with Crippen molar-refractivity contribution in [2.45, 2.75) is 25.8 Å². The largest absolute Gasteiger partial charge is 0.493 e. The summed E-state index contributed by atoms with van der Waals surface area (Å²) in [6.45, 7) is 1.71. The molecule has 0 aromatic heterocycles. The predicted molar refractivity (Wildman–Crippen MR) is 105 cm³/mol. The molecule has 7 nitrogen and oxygen atoms in total. The molecular weight excluding hydrogens is 360 g/mol. The van der Waals surface area contributed by atoms with Crippen LogP contribution in [0.1, 0.15) is 29.3 Å². The molecule has 7 heteroatoms. The number of aryl methyl sites for hydroxylation is 1. The maximum Gasteiger partial charge on any atom is 0.258 e. The molecule has 0 unspecified atom stereocenters. The van der Waals surface area contributed by atoms with Gasteiger partial charge in [0.1, 0.15) is 0 Å². The van der Waals surface area contributed by atoms with E-state index in [1.165, 1.54) is 14.2 Å². The van der Waals surface area contributed by atoms with Gasteiger partial charge in [-0.05, 0) is 43.5 Å². The Kier molecular flexibility index (Phi) is 5.73. The van der Waals surface area contributed by atoms with E-state index in [9.17, 15) is 9.59 Å². The van der Waals surface area contributed by atoms with Crippen LogP contribution in [0.2, 0.25) is 0 Å². The zero-order valence-corrected chi connectivity index (χ0v) is 16.2. The molecule has 1 aliphatic rings. The zero-order chi connectivity index (χ0) is 20.3. The quantitative estimate of drug-likeness (QED) is 0.826. The van der Waals surface area contributed by atoms with Gasteiger partial charge in [0.25, 0.3) is 11.8 Å². The fraction of sp³-hybridized carbons (Fsp3) is 0.333. The number of nitrogens with zero attached hydrogens (tertiary/aromatic N) is 1. The molecule has 2 aromatic carbocycles. The van der Waals surface area contributed by atoms with Gasteiger partial charge < -0.3 is 24.8 Å². The average molecular weight is 384 g/mol. The minimum absolute atomic E-state index is 0.0603. The van der Waals surface area contributed by atoms with Gasteiger partial charge in [-0.2, -0.15) is 0 Å². The molecule has 0 radical (unpaired) electrons. The van der Waals surface area contributed by atoms with Gasteiger partial charge >= 0.3 is 0 Å².